The monoisotopic (exact) mass is 299 g/mol. The van der Waals surface area contributed by atoms with Crippen molar-refractivity contribution >= 4 is 34.2 Å². The molecule has 0 bridgehead atoms. The van der Waals surface area contributed by atoms with Gasteiger partial charge in [-0.3, -0.25) is 0 Å². The number of hydrogen-bond acceptors (Lipinski definition) is 2. The summed E-state index contributed by atoms with van der Waals surface area (Å²) in [6.45, 7) is 8.17. The zero-order valence-electron chi connectivity index (χ0n) is 11.5. The second-order valence-electron chi connectivity index (χ2n) is 5.14. The highest BCUT2D eigenvalue weighted by molar-refractivity contribution is 6.38. The van der Waals surface area contributed by atoms with E-state index < -0.39 is 0 Å². The Balaban J connectivity index is 2.36. The van der Waals surface area contributed by atoms with E-state index in [2.05, 4.69) is 26.1 Å². The fourth-order valence-corrected chi connectivity index (χ4v) is 2.84. The van der Waals surface area contributed by atoms with Crippen LogP contribution in [0.15, 0.2) is 16.5 Å². The van der Waals surface area contributed by atoms with Gasteiger partial charge in [0.2, 0.25) is 0 Å². The third-order valence-electron chi connectivity index (χ3n) is 3.08. The average Bonchev–Trinajstić information content (AvgIpc) is 2.66. The molecule has 2 nitrogen and oxygen atoms in total. The molecule has 1 aromatic carbocycles. The van der Waals surface area contributed by atoms with E-state index >= 15 is 0 Å². The topological polar surface area (TPSA) is 25.2 Å². The zero-order chi connectivity index (χ0) is 14.0. The second-order valence-corrected chi connectivity index (χ2v) is 5.99. The van der Waals surface area contributed by atoms with Crippen molar-refractivity contribution in [2.75, 3.05) is 6.54 Å². The van der Waals surface area contributed by atoms with Crippen LogP contribution in [0.4, 0.5) is 0 Å². The Morgan fingerprint density at radius 2 is 2.00 bits per heavy atom. The summed E-state index contributed by atoms with van der Waals surface area (Å²) < 4.78 is 5.90. The van der Waals surface area contributed by atoms with Crippen molar-refractivity contribution in [3.8, 4) is 0 Å². The molecule has 0 aliphatic heterocycles. The maximum absolute atomic E-state index is 6.28. The van der Waals surface area contributed by atoms with Gasteiger partial charge in [0.05, 0.1) is 11.6 Å². The van der Waals surface area contributed by atoms with Crippen LogP contribution in [0.25, 0.3) is 11.0 Å². The lowest BCUT2D eigenvalue weighted by Gasteiger charge is -2.06. The first kappa shape index (κ1) is 14.7. The van der Waals surface area contributed by atoms with Gasteiger partial charge in [-0.2, -0.15) is 0 Å². The van der Waals surface area contributed by atoms with Crippen molar-refractivity contribution in [3.05, 3.63) is 33.5 Å². The molecule has 0 aliphatic rings. The molecule has 0 saturated heterocycles. The van der Waals surface area contributed by atoms with E-state index in [9.17, 15) is 0 Å². The minimum atomic E-state index is 0.607. The van der Waals surface area contributed by atoms with E-state index in [-0.39, 0.29) is 0 Å². The highest BCUT2D eigenvalue weighted by atomic mass is 35.5. The molecular weight excluding hydrogens is 281 g/mol. The Hall–Kier alpha value is -0.700. The van der Waals surface area contributed by atoms with Crippen molar-refractivity contribution in [1.82, 2.24) is 5.32 Å². The number of benzene rings is 1. The lowest BCUT2D eigenvalue weighted by molar-refractivity contribution is 0.481. The Morgan fingerprint density at radius 1 is 1.26 bits per heavy atom. The third kappa shape index (κ3) is 3.25. The predicted molar refractivity (Wildman–Crippen MR) is 82.2 cm³/mol. The third-order valence-corrected chi connectivity index (χ3v) is 3.60. The van der Waals surface area contributed by atoms with Crippen LogP contribution in [-0.4, -0.2) is 6.54 Å². The van der Waals surface area contributed by atoms with Gasteiger partial charge in [-0.05, 0) is 24.9 Å². The fourth-order valence-electron chi connectivity index (χ4n) is 2.25. The van der Waals surface area contributed by atoms with Gasteiger partial charge in [-0.25, -0.2) is 0 Å². The van der Waals surface area contributed by atoms with Gasteiger partial charge >= 0.3 is 0 Å². The largest absolute Gasteiger partial charge is 0.459 e. The molecule has 2 rings (SSSR count). The number of halogens is 2. The number of aryl methyl sites for hydroxylation is 1. The summed E-state index contributed by atoms with van der Waals surface area (Å²) in [5.74, 6) is 1.58. The Bertz CT molecular complexity index is 575. The van der Waals surface area contributed by atoms with Gasteiger partial charge in [0.1, 0.15) is 11.3 Å². The molecule has 0 saturated carbocycles. The predicted octanol–water partition coefficient (Wildman–Crippen LogP) is 5.05. The number of hydrogen-bond donors (Lipinski definition) is 1. The minimum absolute atomic E-state index is 0.607. The van der Waals surface area contributed by atoms with Crippen molar-refractivity contribution in [3.63, 3.8) is 0 Å². The molecule has 2 aromatic rings. The summed E-state index contributed by atoms with van der Waals surface area (Å²) in [5, 5.41) is 5.67. The van der Waals surface area contributed by atoms with E-state index in [0.29, 0.717) is 16.0 Å². The number of nitrogens with one attached hydrogen (secondary N) is 1. The van der Waals surface area contributed by atoms with Crippen LogP contribution in [0.2, 0.25) is 10.0 Å². The van der Waals surface area contributed by atoms with Crippen molar-refractivity contribution in [2.24, 2.45) is 5.92 Å². The van der Waals surface area contributed by atoms with Gasteiger partial charge in [0.25, 0.3) is 0 Å². The van der Waals surface area contributed by atoms with E-state index in [4.69, 9.17) is 27.6 Å². The Morgan fingerprint density at radius 3 is 2.63 bits per heavy atom. The SMILES string of the molecule is CCc1c(CNCC(C)C)oc2cc(Cl)cc(Cl)c12. The van der Waals surface area contributed by atoms with Gasteiger partial charge in [0, 0.05) is 22.0 Å². The number of furan rings is 1. The van der Waals surface area contributed by atoms with Crippen LogP contribution in [0.3, 0.4) is 0 Å². The molecule has 1 heterocycles. The van der Waals surface area contributed by atoms with E-state index in [1.807, 2.05) is 6.07 Å². The molecule has 104 valence electrons. The van der Waals surface area contributed by atoms with E-state index in [1.165, 1.54) is 5.56 Å². The summed E-state index contributed by atoms with van der Waals surface area (Å²) >= 11 is 12.3. The van der Waals surface area contributed by atoms with Crippen LogP contribution in [-0.2, 0) is 13.0 Å². The zero-order valence-corrected chi connectivity index (χ0v) is 13.0. The molecule has 1 aromatic heterocycles. The van der Waals surface area contributed by atoms with Crippen LogP contribution in [0.1, 0.15) is 32.1 Å². The summed E-state index contributed by atoms with van der Waals surface area (Å²) in [5.41, 5.74) is 1.95. The van der Waals surface area contributed by atoms with E-state index in [1.54, 1.807) is 6.07 Å². The van der Waals surface area contributed by atoms with Gasteiger partial charge in [-0.1, -0.05) is 44.0 Å². The normalized spacial score (nSPS) is 11.7. The standard InChI is InChI=1S/C15H19Cl2NO/c1-4-11-14(8-18-7-9(2)3)19-13-6-10(16)5-12(17)15(11)13/h5-6,9,18H,4,7-8H2,1-3H3. The molecule has 0 fully saturated rings. The highest BCUT2D eigenvalue weighted by Crippen LogP contribution is 2.34. The quantitative estimate of drug-likeness (QED) is 0.836. The number of rotatable bonds is 5. The average molecular weight is 300 g/mol. The molecule has 0 aliphatic carbocycles. The summed E-state index contributed by atoms with van der Waals surface area (Å²) in [6, 6.07) is 3.60. The highest BCUT2D eigenvalue weighted by Gasteiger charge is 2.16. The smallest absolute Gasteiger partial charge is 0.137 e. The van der Waals surface area contributed by atoms with E-state index in [0.717, 1.165) is 36.2 Å². The van der Waals surface area contributed by atoms with Gasteiger partial charge in [-0.15, -0.1) is 0 Å². The molecule has 0 radical (unpaired) electrons. The van der Waals surface area contributed by atoms with Crippen molar-refractivity contribution < 1.29 is 4.42 Å². The molecule has 0 unspecified atom stereocenters. The maximum Gasteiger partial charge on any atom is 0.137 e. The van der Waals surface area contributed by atoms with Crippen LogP contribution >= 0.6 is 23.2 Å². The minimum Gasteiger partial charge on any atom is -0.459 e. The maximum atomic E-state index is 6.28. The summed E-state index contributed by atoms with van der Waals surface area (Å²) in [4.78, 5) is 0. The first-order chi connectivity index (χ1) is 9.02. The van der Waals surface area contributed by atoms with Gasteiger partial charge < -0.3 is 9.73 Å². The number of fused-ring (bicyclic) bond motifs is 1. The second kappa shape index (κ2) is 6.17. The lowest BCUT2D eigenvalue weighted by Crippen LogP contribution is -2.19. The molecule has 0 spiro atoms. The van der Waals surface area contributed by atoms with Crippen LogP contribution in [0, 0.1) is 5.92 Å². The summed E-state index contributed by atoms with van der Waals surface area (Å²) in [7, 11) is 0. The molecule has 1 N–H and O–H groups in total. The lowest BCUT2D eigenvalue weighted by atomic mass is 10.1. The molecule has 0 amide bonds. The Labute approximate surface area is 124 Å². The van der Waals surface area contributed by atoms with Crippen molar-refractivity contribution in [2.45, 2.75) is 33.7 Å². The van der Waals surface area contributed by atoms with Crippen LogP contribution in [0.5, 0.6) is 0 Å². The first-order valence-electron chi connectivity index (χ1n) is 6.63. The molecule has 0 atom stereocenters. The fraction of sp³-hybridized carbons (Fsp3) is 0.467. The van der Waals surface area contributed by atoms with Crippen molar-refractivity contribution in [1.29, 1.82) is 0 Å². The van der Waals surface area contributed by atoms with Gasteiger partial charge in [0.15, 0.2) is 0 Å². The Kier molecular flexibility index (Phi) is 4.77. The summed E-state index contributed by atoms with van der Waals surface area (Å²) in [6.07, 6.45) is 0.896. The molecule has 19 heavy (non-hydrogen) atoms. The molecule has 4 heteroatoms. The van der Waals surface area contributed by atoms with Crippen LogP contribution < -0.4 is 5.32 Å². The molecular formula is C15H19Cl2NO. The first-order valence-corrected chi connectivity index (χ1v) is 7.38.